The van der Waals surface area contributed by atoms with Gasteiger partial charge in [0.1, 0.15) is 10.7 Å². The number of rotatable bonds is 8. The van der Waals surface area contributed by atoms with Crippen LogP contribution in [0, 0.1) is 5.82 Å². The van der Waals surface area contributed by atoms with Gasteiger partial charge < -0.3 is 10.1 Å². The molecule has 0 heterocycles. The fourth-order valence-electron chi connectivity index (χ4n) is 2.73. The predicted octanol–water partition coefficient (Wildman–Crippen LogP) is 2.72. The number of nitrogens with two attached hydrogens (primary N) is 1. The molecular weight excluding hydrogens is 525 g/mol. The van der Waals surface area contributed by atoms with Crippen LogP contribution in [0.4, 0.5) is 15.8 Å². The summed E-state index contributed by atoms with van der Waals surface area (Å²) in [6, 6.07) is 13.0. The third kappa shape index (κ3) is 6.99. The molecule has 0 aliphatic rings. The molecule has 0 fully saturated rings. The smallest absolute Gasteiger partial charge is 0.338 e. The van der Waals surface area contributed by atoms with Crippen LogP contribution in [-0.2, 0) is 29.6 Å². The van der Waals surface area contributed by atoms with Gasteiger partial charge in [-0.2, -0.15) is 0 Å². The van der Waals surface area contributed by atoms with Gasteiger partial charge in [-0.05, 0) is 60.7 Å². The molecule has 184 valence electrons. The standard InChI is InChI=1S/C21H17ClFN3O7S2/c22-18-9-4-13(10-19(18)35(31,32)26-15-7-5-14(23)6-8-15)21(28)33-12-20(27)25-16-2-1-3-17(11-16)34(24,29)30/h1-11,26H,12H2,(H,25,27)(H2,24,29,30). The molecule has 4 N–H and O–H groups in total. The minimum Gasteiger partial charge on any atom is -0.452 e. The first-order chi connectivity index (χ1) is 16.3. The SMILES string of the molecule is NS(=O)(=O)c1cccc(NC(=O)COC(=O)c2ccc(Cl)c(S(=O)(=O)Nc3ccc(F)cc3)c2)c1. The Morgan fingerprint density at radius 3 is 2.29 bits per heavy atom. The van der Waals surface area contributed by atoms with Crippen molar-refractivity contribution in [1.29, 1.82) is 0 Å². The second kappa shape index (κ2) is 10.4. The Morgan fingerprint density at radius 1 is 0.943 bits per heavy atom. The largest absolute Gasteiger partial charge is 0.452 e. The number of esters is 1. The fraction of sp³-hybridized carbons (Fsp3) is 0.0476. The van der Waals surface area contributed by atoms with Crippen molar-refractivity contribution in [2.75, 3.05) is 16.6 Å². The molecule has 3 aromatic rings. The van der Waals surface area contributed by atoms with Crippen LogP contribution in [0.1, 0.15) is 10.4 Å². The molecule has 1 amide bonds. The third-order valence-electron chi connectivity index (χ3n) is 4.33. The van der Waals surface area contributed by atoms with E-state index in [0.717, 1.165) is 30.3 Å². The number of amides is 1. The van der Waals surface area contributed by atoms with Gasteiger partial charge in [-0.15, -0.1) is 0 Å². The lowest BCUT2D eigenvalue weighted by Gasteiger charge is -2.11. The second-order valence-corrected chi connectivity index (χ2v) is 10.6. The van der Waals surface area contributed by atoms with Gasteiger partial charge in [0.05, 0.1) is 15.5 Å². The van der Waals surface area contributed by atoms with E-state index >= 15 is 0 Å². The lowest BCUT2D eigenvalue weighted by Crippen LogP contribution is -2.21. The van der Waals surface area contributed by atoms with Crippen molar-refractivity contribution >= 4 is 54.9 Å². The summed E-state index contributed by atoms with van der Waals surface area (Å²) >= 11 is 5.99. The van der Waals surface area contributed by atoms with Gasteiger partial charge in [-0.25, -0.2) is 31.2 Å². The molecular formula is C21H17ClFN3O7S2. The minimum atomic E-state index is -4.25. The fourth-order valence-corrected chi connectivity index (χ4v) is 4.87. The van der Waals surface area contributed by atoms with E-state index in [2.05, 4.69) is 10.0 Å². The third-order valence-corrected chi connectivity index (χ3v) is 7.11. The molecule has 0 radical (unpaired) electrons. The van der Waals surface area contributed by atoms with Gasteiger partial charge >= 0.3 is 5.97 Å². The molecule has 3 aromatic carbocycles. The highest BCUT2D eigenvalue weighted by molar-refractivity contribution is 7.92. The van der Waals surface area contributed by atoms with Crippen molar-refractivity contribution in [3.8, 4) is 0 Å². The van der Waals surface area contributed by atoms with Crippen LogP contribution in [0.5, 0.6) is 0 Å². The maximum Gasteiger partial charge on any atom is 0.338 e. The second-order valence-electron chi connectivity index (χ2n) is 6.95. The first kappa shape index (κ1) is 26.1. The van der Waals surface area contributed by atoms with Crippen molar-refractivity contribution in [3.63, 3.8) is 0 Å². The maximum absolute atomic E-state index is 13.1. The van der Waals surface area contributed by atoms with Crippen molar-refractivity contribution in [1.82, 2.24) is 0 Å². The number of nitrogens with one attached hydrogen (secondary N) is 2. The number of benzene rings is 3. The van der Waals surface area contributed by atoms with Gasteiger partial charge in [-0.1, -0.05) is 17.7 Å². The van der Waals surface area contributed by atoms with E-state index in [1.165, 1.54) is 36.4 Å². The molecule has 0 aliphatic carbocycles. The van der Waals surface area contributed by atoms with Crippen LogP contribution in [0.15, 0.2) is 76.5 Å². The number of hydrogen-bond donors (Lipinski definition) is 3. The summed E-state index contributed by atoms with van der Waals surface area (Å²) in [5, 5.41) is 7.20. The van der Waals surface area contributed by atoms with E-state index in [4.69, 9.17) is 21.5 Å². The van der Waals surface area contributed by atoms with Crippen LogP contribution in [0.3, 0.4) is 0 Å². The molecule has 0 bridgehead atoms. The summed E-state index contributed by atoms with van der Waals surface area (Å²) in [6.07, 6.45) is 0. The molecule has 0 saturated heterocycles. The number of halogens is 2. The van der Waals surface area contributed by atoms with Crippen LogP contribution in [0.25, 0.3) is 0 Å². The van der Waals surface area contributed by atoms with Crippen LogP contribution >= 0.6 is 11.6 Å². The molecule has 0 atom stereocenters. The number of anilines is 2. The monoisotopic (exact) mass is 541 g/mol. The summed E-state index contributed by atoms with van der Waals surface area (Å²) in [5.41, 5.74) is -0.0409. The van der Waals surface area contributed by atoms with Crippen LogP contribution in [0.2, 0.25) is 5.02 Å². The Labute approximate surface area is 205 Å². The molecule has 10 nitrogen and oxygen atoms in total. The first-order valence-electron chi connectivity index (χ1n) is 9.53. The number of carbonyl (C=O) groups is 2. The highest BCUT2D eigenvalue weighted by Crippen LogP contribution is 2.25. The summed E-state index contributed by atoms with van der Waals surface area (Å²) in [5.74, 6) is -2.37. The number of carbonyl (C=O) groups excluding carboxylic acids is 2. The van der Waals surface area contributed by atoms with E-state index in [1.807, 2.05) is 0 Å². The number of sulfonamides is 2. The summed E-state index contributed by atoms with van der Waals surface area (Å²) in [4.78, 5) is 23.8. The van der Waals surface area contributed by atoms with Crippen molar-refractivity contribution in [3.05, 3.63) is 83.1 Å². The molecule has 0 unspecified atom stereocenters. The quantitative estimate of drug-likeness (QED) is 0.369. The topological polar surface area (TPSA) is 162 Å². The normalized spacial score (nSPS) is 11.5. The zero-order valence-electron chi connectivity index (χ0n) is 17.6. The average molecular weight is 542 g/mol. The van der Waals surface area contributed by atoms with Gasteiger partial charge in [0.15, 0.2) is 6.61 Å². The maximum atomic E-state index is 13.1. The van der Waals surface area contributed by atoms with Gasteiger partial charge in [0.2, 0.25) is 10.0 Å². The van der Waals surface area contributed by atoms with E-state index < -0.39 is 49.2 Å². The van der Waals surface area contributed by atoms with Gasteiger partial charge in [-0.3, -0.25) is 9.52 Å². The zero-order chi connectivity index (χ0) is 25.8. The molecule has 0 aromatic heterocycles. The lowest BCUT2D eigenvalue weighted by molar-refractivity contribution is -0.119. The Hall–Kier alpha value is -3.52. The lowest BCUT2D eigenvalue weighted by atomic mass is 10.2. The molecule has 0 spiro atoms. The minimum absolute atomic E-state index is 0.0682. The van der Waals surface area contributed by atoms with E-state index in [0.29, 0.717) is 0 Å². The molecule has 3 rings (SSSR count). The Kier molecular flexibility index (Phi) is 7.75. The average Bonchev–Trinajstić information content (AvgIpc) is 2.78. The predicted molar refractivity (Wildman–Crippen MR) is 125 cm³/mol. The molecule has 0 saturated carbocycles. The zero-order valence-corrected chi connectivity index (χ0v) is 20.0. The van der Waals surface area contributed by atoms with E-state index in [-0.39, 0.29) is 26.9 Å². The molecule has 14 heteroatoms. The van der Waals surface area contributed by atoms with Crippen LogP contribution < -0.4 is 15.2 Å². The first-order valence-corrected chi connectivity index (χ1v) is 12.9. The summed E-state index contributed by atoms with van der Waals surface area (Å²) in [6.45, 7) is -0.753. The molecule has 0 aliphatic heterocycles. The summed E-state index contributed by atoms with van der Waals surface area (Å²) < 4.78 is 68.4. The Morgan fingerprint density at radius 2 is 1.63 bits per heavy atom. The van der Waals surface area contributed by atoms with Gasteiger partial charge in [0.25, 0.3) is 15.9 Å². The van der Waals surface area contributed by atoms with Crippen molar-refractivity contribution < 1.29 is 35.6 Å². The summed E-state index contributed by atoms with van der Waals surface area (Å²) in [7, 11) is -8.23. The number of ether oxygens (including phenoxy) is 1. The van der Waals surface area contributed by atoms with Crippen LogP contribution in [-0.4, -0.2) is 35.3 Å². The number of hydrogen-bond acceptors (Lipinski definition) is 7. The highest BCUT2D eigenvalue weighted by Gasteiger charge is 2.21. The van der Waals surface area contributed by atoms with E-state index in [1.54, 1.807) is 0 Å². The van der Waals surface area contributed by atoms with Crippen molar-refractivity contribution in [2.45, 2.75) is 9.79 Å². The Balaban J connectivity index is 1.68. The highest BCUT2D eigenvalue weighted by atomic mass is 35.5. The van der Waals surface area contributed by atoms with Crippen molar-refractivity contribution in [2.24, 2.45) is 5.14 Å². The van der Waals surface area contributed by atoms with Gasteiger partial charge in [0, 0.05) is 11.4 Å². The number of primary sulfonamides is 1. The Bertz CT molecular complexity index is 1500. The van der Waals surface area contributed by atoms with E-state index in [9.17, 15) is 30.8 Å². The molecule has 35 heavy (non-hydrogen) atoms.